The number of ether oxygens (including phenoxy) is 1. The fraction of sp³-hybridized carbons (Fsp3) is 0.259. The average Bonchev–Trinajstić information content (AvgIpc) is 2.94. The number of nitrogens with zero attached hydrogens (tertiary/aromatic N) is 3. The first kappa shape index (κ1) is 32.9. The summed E-state index contributed by atoms with van der Waals surface area (Å²) in [5.74, 6) is -1.24. The number of hydrogen-bond donors (Lipinski definition) is 1. The number of halogens is 3. The quantitative estimate of drug-likeness (QED) is 0.220. The number of aryl methyl sites for hydroxylation is 1. The molecule has 0 saturated heterocycles. The Bertz CT molecular complexity index is 1640. The highest BCUT2D eigenvalue weighted by Gasteiger charge is 2.35. The second-order valence-electron chi connectivity index (χ2n) is 9.08. The summed E-state index contributed by atoms with van der Waals surface area (Å²) in [6, 6.07) is 11.1. The van der Waals surface area contributed by atoms with Crippen molar-refractivity contribution in [3.63, 3.8) is 0 Å². The van der Waals surface area contributed by atoms with Gasteiger partial charge in [-0.3, -0.25) is 24.0 Å². The largest absolute Gasteiger partial charge is 0.495 e. The van der Waals surface area contributed by atoms with Gasteiger partial charge in [-0.15, -0.1) is 0 Å². The first-order valence-corrected chi connectivity index (χ1v) is 14.8. The predicted molar refractivity (Wildman–Crippen MR) is 161 cm³/mol. The molecular formula is C27H27Cl3N4O7S. The fourth-order valence-electron chi connectivity index (χ4n) is 4.07. The van der Waals surface area contributed by atoms with Gasteiger partial charge in [0.25, 0.3) is 15.7 Å². The number of nitrogens with one attached hydrogen (secondary N) is 1. The van der Waals surface area contributed by atoms with Gasteiger partial charge in [0.15, 0.2) is 0 Å². The van der Waals surface area contributed by atoms with Gasteiger partial charge in [0.05, 0.1) is 22.6 Å². The Balaban J connectivity index is 2.18. The fourth-order valence-corrected chi connectivity index (χ4v) is 6.14. The van der Waals surface area contributed by atoms with Crippen molar-refractivity contribution in [2.75, 3.05) is 25.0 Å². The van der Waals surface area contributed by atoms with E-state index in [2.05, 4.69) is 5.32 Å². The number of anilines is 1. The van der Waals surface area contributed by atoms with Gasteiger partial charge in [-0.05, 0) is 55.8 Å². The summed E-state index contributed by atoms with van der Waals surface area (Å²) in [7, 11) is -1.94. The lowest BCUT2D eigenvalue weighted by molar-refractivity contribution is -0.385. The van der Waals surface area contributed by atoms with Gasteiger partial charge in [-0.25, -0.2) is 8.42 Å². The molecule has 0 saturated carbocycles. The summed E-state index contributed by atoms with van der Waals surface area (Å²) in [4.78, 5) is 38.2. The van der Waals surface area contributed by atoms with Crippen LogP contribution < -0.4 is 14.4 Å². The van der Waals surface area contributed by atoms with Crippen molar-refractivity contribution in [3.05, 3.63) is 90.9 Å². The minimum atomic E-state index is -4.64. The van der Waals surface area contributed by atoms with Gasteiger partial charge >= 0.3 is 0 Å². The second-order valence-corrected chi connectivity index (χ2v) is 12.2. The Morgan fingerprint density at radius 2 is 1.69 bits per heavy atom. The summed E-state index contributed by atoms with van der Waals surface area (Å²) in [6.45, 7) is 1.95. The van der Waals surface area contributed by atoms with Gasteiger partial charge in [-0.1, -0.05) is 46.9 Å². The number of hydrogen-bond acceptors (Lipinski definition) is 7. The van der Waals surface area contributed by atoms with Crippen molar-refractivity contribution in [2.24, 2.45) is 0 Å². The summed E-state index contributed by atoms with van der Waals surface area (Å²) >= 11 is 18.6. The predicted octanol–water partition coefficient (Wildman–Crippen LogP) is 5.23. The van der Waals surface area contributed by atoms with Crippen LogP contribution in [0.5, 0.6) is 5.75 Å². The first-order chi connectivity index (χ1) is 19.7. The third-order valence-electron chi connectivity index (χ3n) is 6.42. The molecule has 0 bridgehead atoms. The van der Waals surface area contributed by atoms with E-state index in [-0.39, 0.29) is 33.6 Å². The Morgan fingerprint density at radius 1 is 1.05 bits per heavy atom. The Hall–Kier alpha value is -3.58. The lowest BCUT2D eigenvalue weighted by atomic mass is 10.1. The van der Waals surface area contributed by atoms with Crippen molar-refractivity contribution in [1.29, 1.82) is 0 Å². The van der Waals surface area contributed by atoms with E-state index in [1.807, 2.05) is 0 Å². The molecule has 0 aromatic heterocycles. The van der Waals surface area contributed by atoms with Crippen molar-refractivity contribution in [2.45, 2.75) is 31.3 Å². The molecule has 0 aliphatic carbocycles. The number of carbonyl (C=O) groups is 2. The normalized spacial score (nSPS) is 11.9. The van der Waals surface area contributed by atoms with E-state index in [4.69, 9.17) is 39.5 Å². The number of benzene rings is 3. The third-order valence-corrected chi connectivity index (χ3v) is 9.00. The molecule has 3 aromatic carbocycles. The Labute approximate surface area is 258 Å². The van der Waals surface area contributed by atoms with E-state index < -0.39 is 49.9 Å². The molecule has 3 aromatic rings. The standard InChI is InChI=1S/C27H27Cl3N4O7S/c1-16-5-9-21(13-23(16)34(37)38)42(39,40)33(24-12-20(29)8-10-25(24)41-4)15-26(35)32(17(2)27(36)31-3)14-18-6-7-19(28)11-22(18)30/h5-13,17H,14-15H2,1-4H3,(H,31,36). The molecule has 0 spiro atoms. The maximum absolute atomic E-state index is 14.1. The maximum Gasteiger partial charge on any atom is 0.273 e. The van der Waals surface area contributed by atoms with Crippen LogP contribution in [0.25, 0.3) is 0 Å². The van der Waals surface area contributed by atoms with Crippen molar-refractivity contribution < 1.29 is 27.7 Å². The zero-order valence-electron chi connectivity index (χ0n) is 22.9. The van der Waals surface area contributed by atoms with Crippen LogP contribution in [0.4, 0.5) is 11.4 Å². The van der Waals surface area contributed by atoms with Gasteiger partial charge in [0.1, 0.15) is 18.3 Å². The van der Waals surface area contributed by atoms with Crippen LogP contribution in [-0.2, 0) is 26.2 Å². The zero-order valence-corrected chi connectivity index (χ0v) is 26.0. The van der Waals surface area contributed by atoms with Gasteiger partial charge in [0.2, 0.25) is 11.8 Å². The summed E-state index contributed by atoms with van der Waals surface area (Å²) < 4.78 is 34.3. The minimum absolute atomic E-state index is 0.0593. The monoisotopic (exact) mass is 656 g/mol. The maximum atomic E-state index is 14.1. The highest BCUT2D eigenvalue weighted by atomic mass is 35.5. The van der Waals surface area contributed by atoms with E-state index >= 15 is 0 Å². The number of amides is 2. The molecule has 15 heteroatoms. The molecule has 1 atom stereocenters. The number of nitro groups is 1. The lowest BCUT2D eigenvalue weighted by Gasteiger charge is -2.32. The highest BCUT2D eigenvalue weighted by Crippen LogP contribution is 2.36. The van der Waals surface area contributed by atoms with Crippen LogP contribution in [0.1, 0.15) is 18.1 Å². The number of sulfonamides is 1. The SMILES string of the molecule is CNC(=O)C(C)N(Cc1ccc(Cl)cc1Cl)C(=O)CN(c1cc(Cl)ccc1OC)S(=O)(=O)c1ccc(C)c([N+](=O)[O-])c1. The first-order valence-electron chi connectivity index (χ1n) is 12.3. The highest BCUT2D eigenvalue weighted by molar-refractivity contribution is 7.92. The number of carbonyl (C=O) groups excluding carboxylic acids is 2. The van der Waals surface area contributed by atoms with Gasteiger partial charge in [0, 0.05) is 40.3 Å². The van der Waals surface area contributed by atoms with E-state index in [9.17, 15) is 28.1 Å². The van der Waals surface area contributed by atoms with Gasteiger partial charge in [-0.2, -0.15) is 0 Å². The average molecular weight is 658 g/mol. The molecule has 0 radical (unpaired) electrons. The molecule has 0 aliphatic heterocycles. The Kier molecular flexibility index (Phi) is 10.7. The number of nitro benzene ring substituents is 1. The van der Waals surface area contributed by atoms with E-state index in [0.717, 1.165) is 15.3 Å². The smallest absolute Gasteiger partial charge is 0.273 e. The molecule has 3 rings (SSSR count). The van der Waals surface area contributed by atoms with E-state index in [1.165, 1.54) is 64.4 Å². The molecular weight excluding hydrogens is 631 g/mol. The number of likely N-dealkylation sites (N-methyl/N-ethyl adjacent to an activating group) is 1. The van der Waals surface area contributed by atoms with Crippen molar-refractivity contribution in [3.8, 4) is 5.75 Å². The van der Waals surface area contributed by atoms with Crippen LogP contribution in [0, 0.1) is 17.0 Å². The molecule has 2 amide bonds. The summed E-state index contributed by atoms with van der Waals surface area (Å²) in [5, 5.41) is 14.8. The van der Waals surface area contributed by atoms with Crippen LogP contribution in [0.15, 0.2) is 59.5 Å². The van der Waals surface area contributed by atoms with Crippen LogP contribution in [0.3, 0.4) is 0 Å². The third kappa shape index (κ3) is 7.24. The van der Waals surface area contributed by atoms with Crippen molar-refractivity contribution >= 4 is 68.0 Å². The second kappa shape index (κ2) is 13.6. The molecule has 0 aliphatic rings. The molecule has 1 unspecified atom stereocenters. The number of methoxy groups -OCH3 is 1. The Morgan fingerprint density at radius 3 is 2.29 bits per heavy atom. The molecule has 42 heavy (non-hydrogen) atoms. The zero-order chi connectivity index (χ0) is 31.4. The minimum Gasteiger partial charge on any atom is -0.495 e. The molecule has 11 nitrogen and oxygen atoms in total. The topological polar surface area (TPSA) is 139 Å². The van der Waals surface area contributed by atoms with Crippen LogP contribution in [-0.4, -0.2) is 56.8 Å². The van der Waals surface area contributed by atoms with Crippen LogP contribution >= 0.6 is 34.8 Å². The summed E-state index contributed by atoms with van der Waals surface area (Å²) in [6.07, 6.45) is 0. The molecule has 1 N–H and O–H groups in total. The lowest BCUT2D eigenvalue weighted by Crippen LogP contribution is -2.50. The number of rotatable bonds is 11. The molecule has 0 fully saturated rings. The van der Waals surface area contributed by atoms with E-state index in [1.54, 1.807) is 12.1 Å². The summed E-state index contributed by atoms with van der Waals surface area (Å²) in [5.41, 5.74) is 0.174. The van der Waals surface area contributed by atoms with E-state index in [0.29, 0.717) is 10.6 Å². The van der Waals surface area contributed by atoms with Crippen molar-refractivity contribution in [1.82, 2.24) is 10.2 Å². The molecule has 0 heterocycles. The molecule has 224 valence electrons. The van der Waals surface area contributed by atoms with Gasteiger partial charge < -0.3 is 15.0 Å². The van der Waals surface area contributed by atoms with Crippen LogP contribution in [0.2, 0.25) is 15.1 Å².